The summed E-state index contributed by atoms with van der Waals surface area (Å²) in [6.07, 6.45) is -0.0611. The first kappa shape index (κ1) is 117. The minimum atomic E-state index is -1.72. The number of carbonyl (C=O) groups is 12. The van der Waals surface area contributed by atoms with E-state index in [1.54, 1.807) is 76.2 Å². The number of benzene rings is 7. The molecule has 770 valence electrons. The lowest BCUT2D eigenvalue weighted by atomic mass is 9.76. The van der Waals surface area contributed by atoms with Crippen molar-refractivity contribution in [2.24, 2.45) is 11.8 Å². The first-order valence-electron chi connectivity index (χ1n) is 49.8. The first-order valence-corrected chi connectivity index (χ1v) is 50.8. The summed E-state index contributed by atoms with van der Waals surface area (Å²) in [7, 11) is 0. The van der Waals surface area contributed by atoms with Crippen molar-refractivity contribution in [2.45, 2.75) is 282 Å². The van der Waals surface area contributed by atoms with Crippen LogP contribution in [0.2, 0.25) is 0 Å². The number of amidine groups is 2. The molecule has 31 heteroatoms. The van der Waals surface area contributed by atoms with Crippen molar-refractivity contribution in [1.29, 1.82) is 10.8 Å². The van der Waals surface area contributed by atoms with Gasteiger partial charge in [-0.15, -0.1) is 11.8 Å². The fraction of sp³-hybridized carbons (Fsp3) is 0.495. The number of hydrogen-bond acceptors (Lipinski definition) is 21. The van der Waals surface area contributed by atoms with Gasteiger partial charge >= 0.3 is 18.2 Å². The van der Waals surface area contributed by atoms with Gasteiger partial charge in [0.2, 0.25) is 35.4 Å². The number of thioether (sulfide) groups is 1. The van der Waals surface area contributed by atoms with Gasteiger partial charge < -0.3 is 81.6 Å². The summed E-state index contributed by atoms with van der Waals surface area (Å²) in [4.78, 5) is 177. The Morgan fingerprint density at radius 2 is 0.831 bits per heavy atom. The monoisotopic (exact) mass is 1970 g/mol. The maximum Gasteiger partial charge on any atom is 0.408 e. The number of hydrogen-bond donors (Lipinski definition) is 12. The Labute approximate surface area is 843 Å². The number of rotatable bonds is 63. The Hall–Kier alpha value is -12.5. The van der Waals surface area contributed by atoms with Crippen molar-refractivity contribution in [3.8, 4) is 0 Å². The summed E-state index contributed by atoms with van der Waals surface area (Å²) in [5.41, 5.74) is 1.20. The third kappa shape index (κ3) is 41.2. The predicted molar refractivity (Wildman–Crippen MR) is 554 cm³/mol. The zero-order chi connectivity index (χ0) is 104. The molecule has 0 radical (unpaired) electrons. The molecule has 7 aromatic carbocycles. The summed E-state index contributed by atoms with van der Waals surface area (Å²) in [6, 6.07) is 59.7. The lowest BCUT2D eigenvalue weighted by molar-refractivity contribution is -0.150. The maximum atomic E-state index is 16.1. The van der Waals surface area contributed by atoms with Crippen LogP contribution in [0.25, 0.3) is 0 Å². The van der Waals surface area contributed by atoms with Crippen LogP contribution in [0.5, 0.6) is 0 Å². The van der Waals surface area contributed by atoms with E-state index in [1.165, 1.54) is 11.8 Å². The second-order valence-corrected chi connectivity index (χ2v) is 39.7. The van der Waals surface area contributed by atoms with Gasteiger partial charge in [0.25, 0.3) is 0 Å². The number of amides is 8. The molecule has 8 amide bonds. The van der Waals surface area contributed by atoms with Crippen LogP contribution in [-0.4, -0.2) is 194 Å². The van der Waals surface area contributed by atoms with Crippen molar-refractivity contribution in [2.75, 3.05) is 58.4 Å². The number of carbonyl (C=O) groups excluding carboxylic acids is 12. The van der Waals surface area contributed by atoms with Crippen LogP contribution in [0.1, 0.15) is 251 Å². The normalized spacial score (nSPS) is 13.4. The number of ketones is 3. The van der Waals surface area contributed by atoms with Gasteiger partial charge in [-0.2, -0.15) is 0 Å². The molecule has 30 nitrogen and oxygen atoms in total. The second-order valence-electron chi connectivity index (χ2n) is 38.4. The SMILES string of the molecule is CCCCCC[C@H](NC(=O)COCCOCCNC(=O)[C@H](CCCNC(=N)CC)NC(=O)[C@@H](CC(=O)[C@H](CCCNC(=N)CC)NC(=O)[C@H](CCCCNC(=O)OC(C)(C)C)CC(=O)[C@H](CC(=O)NC(c1ccccc1)(c1ccccc1)c1ccccc1)NC(=O)CCC(=O)[C@@H](CSC(c1ccccc1)(c1ccccc1)c1ccccc1)NC(=O)OC(C)(C)C)[C@H](C)OC(C)(C)C)C(=O)OCc1ccccc1. The molecule has 7 aromatic rings. The van der Waals surface area contributed by atoms with Crippen molar-refractivity contribution in [3.05, 3.63) is 251 Å². The fourth-order valence-electron chi connectivity index (χ4n) is 16.3. The second kappa shape index (κ2) is 60.7. The van der Waals surface area contributed by atoms with E-state index in [-0.39, 0.29) is 115 Å². The van der Waals surface area contributed by atoms with Crippen LogP contribution < -0.4 is 53.2 Å². The van der Waals surface area contributed by atoms with Crippen molar-refractivity contribution in [1.82, 2.24) is 53.2 Å². The molecule has 142 heavy (non-hydrogen) atoms. The maximum absolute atomic E-state index is 16.1. The van der Waals surface area contributed by atoms with Gasteiger partial charge in [-0.3, -0.25) is 54.0 Å². The average Bonchev–Trinajstić information content (AvgIpc) is 0.754. The Bertz CT molecular complexity index is 4890. The van der Waals surface area contributed by atoms with E-state index < -0.39 is 178 Å². The lowest BCUT2D eigenvalue weighted by Gasteiger charge is -2.37. The van der Waals surface area contributed by atoms with Gasteiger partial charge in [0.1, 0.15) is 42.0 Å². The molecule has 0 spiro atoms. The molecule has 0 aliphatic carbocycles. The van der Waals surface area contributed by atoms with Crippen LogP contribution in [0.15, 0.2) is 212 Å². The zero-order valence-electron chi connectivity index (χ0n) is 85.1. The Morgan fingerprint density at radius 3 is 1.34 bits per heavy atom. The third-order valence-electron chi connectivity index (χ3n) is 23.5. The summed E-state index contributed by atoms with van der Waals surface area (Å²) in [6.45, 7) is 23.1. The first-order chi connectivity index (χ1) is 67.9. The van der Waals surface area contributed by atoms with E-state index in [0.29, 0.717) is 48.8 Å². The van der Waals surface area contributed by atoms with Gasteiger partial charge in [-0.05, 0) is 153 Å². The minimum Gasteiger partial charge on any atom is -0.459 e. The Kier molecular flexibility index (Phi) is 49.8. The largest absolute Gasteiger partial charge is 0.459 e. The molecule has 0 saturated carbocycles. The summed E-state index contributed by atoms with van der Waals surface area (Å²) in [5.74, 6) is -9.00. The minimum absolute atomic E-state index is 0.0123. The summed E-state index contributed by atoms with van der Waals surface area (Å²) >= 11 is 1.41. The number of Topliss-reactive ketones (excluding diaryl/α,β-unsaturated/α-hetero) is 3. The Balaban J connectivity index is 1.20. The molecular weight excluding hydrogens is 1820 g/mol. The summed E-state index contributed by atoms with van der Waals surface area (Å²) < 4.78 is 33.8. The fourth-order valence-corrected chi connectivity index (χ4v) is 17.9. The topological polar surface area (TPSA) is 428 Å². The standard InChI is InChI=1S/C111H152N12O18S/c1-14-17-18-40-60-90(104(133)138-75-79-45-26-19-27-46-79)118-100(129)76-137-71-70-136-69-68-116-103(132)89(62-44-67-115-97(113)16-3)121-102(131)87(78(4)139-107(5,6)7)73-95(126)88(61-43-66-114-96(112)15-2)120-101(130)80(47-41-42-65-117-105(134)140-108(8,9)10)72-94(125)91(74-99(128)123-110(81-48-28-20-29-49-81,82-50-30-21-31-51-82)83-52-32-22-33-53-83)119-98(127)64-63-93(124)92(122-106(135)141-109(11,12)13)77-142-111(84-54-34-23-35-55-84,85-56-36-24-37-57-85)86-58-38-25-39-59-86/h19-39,45-46,48-59,78,80,87-92H,14-18,40-44,47,60-77H2,1-13H3,(H2,112,114)(H2,113,115)(H,116,132)(H,117,134)(H,118,129)(H,119,127)(H,120,130)(H,121,131)(H,122,135)(H,123,128)/t78-,80+,87-,88-,89-,90-,91-,92+/m0/s1. The molecule has 0 fully saturated rings. The molecule has 0 heterocycles. The van der Waals surface area contributed by atoms with Gasteiger partial charge in [0.05, 0.1) is 78.4 Å². The molecule has 0 saturated heterocycles. The molecule has 7 rings (SSSR count). The van der Waals surface area contributed by atoms with E-state index in [0.717, 1.165) is 41.5 Å². The van der Waals surface area contributed by atoms with Crippen LogP contribution in [0.3, 0.4) is 0 Å². The highest BCUT2D eigenvalue weighted by atomic mass is 32.2. The lowest BCUT2D eigenvalue weighted by Crippen LogP contribution is -2.52. The molecule has 0 aliphatic heterocycles. The van der Waals surface area contributed by atoms with Crippen molar-refractivity contribution in [3.63, 3.8) is 0 Å². The molecule has 0 bridgehead atoms. The molecular formula is C111H152N12O18S. The molecule has 0 aromatic heterocycles. The van der Waals surface area contributed by atoms with Crippen LogP contribution in [0, 0.1) is 22.7 Å². The Morgan fingerprint density at radius 1 is 0.373 bits per heavy atom. The molecule has 0 unspecified atom stereocenters. The van der Waals surface area contributed by atoms with Gasteiger partial charge in [-0.25, -0.2) is 14.4 Å². The number of alkyl carbamates (subject to hydrolysis) is 2. The van der Waals surface area contributed by atoms with Gasteiger partial charge in [0.15, 0.2) is 17.3 Å². The highest BCUT2D eigenvalue weighted by Gasteiger charge is 2.43. The van der Waals surface area contributed by atoms with Gasteiger partial charge in [0, 0.05) is 76.4 Å². The molecule has 12 N–H and O–H groups in total. The molecule has 8 atom stereocenters. The van der Waals surface area contributed by atoms with Crippen LogP contribution in [0.4, 0.5) is 9.59 Å². The van der Waals surface area contributed by atoms with Crippen LogP contribution >= 0.6 is 11.8 Å². The van der Waals surface area contributed by atoms with Gasteiger partial charge in [-0.1, -0.05) is 265 Å². The van der Waals surface area contributed by atoms with Crippen LogP contribution in [-0.2, 0) is 93.3 Å². The number of esters is 1. The molecule has 0 aliphatic rings. The zero-order valence-corrected chi connectivity index (χ0v) is 85.9. The predicted octanol–water partition coefficient (Wildman–Crippen LogP) is 15.8. The van der Waals surface area contributed by atoms with Crippen molar-refractivity contribution < 1.29 is 86.0 Å². The number of unbranched alkanes of at least 4 members (excludes halogenated alkanes) is 4. The number of nitrogens with one attached hydrogen (secondary N) is 12. The average molecular weight is 1970 g/mol. The number of ether oxygens (including phenoxy) is 6. The van der Waals surface area contributed by atoms with E-state index in [1.807, 2.05) is 219 Å². The third-order valence-corrected chi connectivity index (χ3v) is 25.1. The summed E-state index contributed by atoms with van der Waals surface area (Å²) in [5, 5.41) is 46.0. The highest BCUT2D eigenvalue weighted by molar-refractivity contribution is 8.00. The van der Waals surface area contributed by atoms with E-state index in [4.69, 9.17) is 39.2 Å². The smallest absolute Gasteiger partial charge is 0.408 e. The van der Waals surface area contributed by atoms with E-state index in [2.05, 4.69) is 60.1 Å². The van der Waals surface area contributed by atoms with Crippen molar-refractivity contribution >= 4 is 94.4 Å². The quantitative estimate of drug-likeness (QED) is 0.00421. The highest BCUT2D eigenvalue weighted by Crippen LogP contribution is 2.49. The van der Waals surface area contributed by atoms with E-state index in [9.17, 15) is 24.0 Å². The van der Waals surface area contributed by atoms with E-state index >= 15 is 33.6 Å².